The van der Waals surface area contributed by atoms with Gasteiger partial charge in [-0.2, -0.15) is 0 Å². The average molecular weight is 319 g/mol. The van der Waals surface area contributed by atoms with E-state index in [1.165, 1.54) is 19.2 Å². The molecule has 0 aliphatic rings. The molecular formula is C15H17N3O3S. The third-order valence-electron chi connectivity index (χ3n) is 3.19. The zero-order valence-electron chi connectivity index (χ0n) is 12.3. The summed E-state index contributed by atoms with van der Waals surface area (Å²) >= 11 is 0. The third kappa shape index (κ3) is 3.69. The number of hydrogen-bond donors (Lipinski definition) is 2. The summed E-state index contributed by atoms with van der Waals surface area (Å²) in [6, 6.07) is 9.88. The first-order valence-electron chi connectivity index (χ1n) is 6.66. The predicted octanol–water partition coefficient (Wildman–Crippen LogP) is 1.23. The minimum Gasteiger partial charge on any atom is -0.346 e. The number of aryl methyl sites for hydroxylation is 1. The van der Waals surface area contributed by atoms with E-state index in [4.69, 9.17) is 0 Å². The van der Waals surface area contributed by atoms with Crippen LogP contribution in [-0.4, -0.2) is 26.4 Å². The van der Waals surface area contributed by atoms with E-state index in [0.29, 0.717) is 11.1 Å². The number of nitrogens with one attached hydrogen (secondary N) is 2. The minimum absolute atomic E-state index is 0.0589. The van der Waals surface area contributed by atoms with E-state index in [-0.39, 0.29) is 17.3 Å². The van der Waals surface area contributed by atoms with E-state index in [2.05, 4.69) is 15.0 Å². The fourth-order valence-electron chi connectivity index (χ4n) is 1.90. The molecule has 0 atom stereocenters. The van der Waals surface area contributed by atoms with Crippen LogP contribution in [-0.2, 0) is 16.6 Å². The van der Waals surface area contributed by atoms with Crippen molar-refractivity contribution in [1.29, 1.82) is 0 Å². The van der Waals surface area contributed by atoms with Gasteiger partial charge in [-0.3, -0.25) is 9.78 Å². The number of rotatable bonds is 5. The largest absolute Gasteiger partial charge is 0.346 e. The highest BCUT2D eigenvalue weighted by atomic mass is 32.2. The van der Waals surface area contributed by atoms with Gasteiger partial charge in [0.25, 0.3) is 5.91 Å². The van der Waals surface area contributed by atoms with E-state index in [9.17, 15) is 13.2 Å². The lowest BCUT2D eigenvalue weighted by molar-refractivity contribution is 0.0949. The van der Waals surface area contributed by atoms with Gasteiger partial charge in [0.1, 0.15) is 0 Å². The van der Waals surface area contributed by atoms with Gasteiger partial charge in [0.15, 0.2) is 0 Å². The first kappa shape index (κ1) is 16.1. The molecular weight excluding hydrogens is 302 g/mol. The van der Waals surface area contributed by atoms with Crippen LogP contribution in [0.5, 0.6) is 0 Å². The summed E-state index contributed by atoms with van der Waals surface area (Å²) in [4.78, 5) is 16.4. The number of aromatic nitrogens is 1. The molecule has 6 nitrogen and oxygen atoms in total. The van der Waals surface area contributed by atoms with Crippen LogP contribution in [0.2, 0.25) is 0 Å². The zero-order valence-corrected chi connectivity index (χ0v) is 13.1. The highest BCUT2D eigenvalue weighted by molar-refractivity contribution is 7.89. The van der Waals surface area contributed by atoms with Crippen LogP contribution in [0.4, 0.5) is 0 Å². The first-order chi connectivity index (χ1) is 10.4. The molecule has 2 aromatic rings. The van der Waals surface area contributed by atoms with Crippen molar-refractivity contribution in [2.75, 3.05) is 7.05 Å². The molecule has 1 aromatic heterocycles. The molecule has 0 saturated heterocycles. The monoisotopic (exact) mass is 319 g/mol. The molecule has 0 aliphatic carbocycles. The predicted molar refractivity (Wildman–Crippen MR) is 82.8 cm³/mol. The molecule has 1 aromatic carbocycles. The molecule has 22 heavy (non-hydrogen) atoms. The second-order valence-corrected chi connectivity index (χ2v) is 6.57. The summed E-state index contributed by atoms with van der Waals surface area (Å²) in [6.07, 6.45) is 1.65. The molecule has 0 aliphatic heterocycles. The Balaban J connectivity index is 2.20. The van der Waals surface area contributed by atoms with Gasteiger partial charge in [0.2, 0.25) is 10.0 Å². The van der Waals surface area contributed by atoms with Gasteiger partial charge in [0, 0.05) is 11.8 Å². The number of hydrogen-bond acceptors (Lipinski definition) is 4. The van der Waals surface area contributed by atoms with Crippen molar-refractivity contribution >= 4 is 15.9 Å². The van der Waals surface area contributed by atoms with E-state index in [0.717, 1.165) is 5.69 Å². The second kappa shape index (κ2) is 6.67. The van der Waals surface area contributed by atoms with Crippen LogP contribution < -0.4 is 10.0 Å². The van der Waals surface area contributed by atoms with E-state index in [1.54, 1.807) is 31.3 Å². The quantitative estimate of drug-likeness (QED) is 0.867. The van der Waals surface area contributed by atoms with Crippen molar-refractivity contribution in [3.63, 3.8) is 0 Å². The lowest BCUT2D eigenvalue weighted by Crippen LogP contribution is -2.25. The molecule has 116 valence electrons. The molecule has 0 unspecified atom stereocenters. The summed E-state index contributed by atoms with van der Waals surface area (Å²) in [6.45, 7) is 2.04. The van der Waals surface area contributed by atoms with Crippen molar-refractivity contribution in [2.45, 2.75) is 18.4 Å². The average Bonchev–Trinajstić information content (AvgIpc) is 2.53. The minimum atomic E-state index is -3.58. The zero-order chi connectivity index (χ0) is 16.2. The van der Waals surface area contributed by atoms with Gasteiger partial charge in [-0.25, -0.2) is 13.1 Å². The normalized spacial score (nSPS) is 11.2. The molecule has 2 N–H and O–H groups in total. The highest BCUT2D eigenvalue weighted by Crippen LogP contribution is 2.15. The fraction of sp³-hybridized carbons (Fsp3) is 0.200. The van der Waals surface area contributed by atoms with Crippen LogP contribution >= 0.6 is 0 Å². The van der Waals surface area contributed by atoms with Crippen molar-refractivity contribution in [3.8, 4) is 0 Å². The van der Waals surface area contributed by atoms with Crippen LogP contribution in [0.25, 0.3) is 0 Å². The lowest BCUT2D eigenvalue weighted by Gasteiger charge is -2.10. The summed E-state index contributed by atoms with van der Waals surface area (Å²) < 4.78 is 25.9. The van der Waals surface area contributed by atoms with Gasteiger partial charge in [-0.15, -0.1) is 0 Å². The Morgan fingerprint density at radius 1 is 1.23 bits per heavy atom. The Kier molecular flexibility index (Phi) is 4.89. The number of nitrogens with zero attached hydrogens (tertiary/aromatic N) is 1. The molecule has 1 heterocycles. The number of benzene rings is 1. The molecule has 0 saturated carbocycles. The summed E-state index contributed by atoms with van der Waals surface area (Å²) in [7, 11) is -2.25. The van der Waals surface area contributed by atoms with Crippen LogP contribution in [0.3, 0.4) is 0 Å². The van der Waals surface area contributed by atoms with E-state index >= 15 is 0 Å². The molecule has 7 heteroatoms. The van der Waals surface area contributed by atoms with E-state index < -0.39 is 10.0 Å². The molecule has 2 rings (SSSR count). The standard InChI is InChI=1S/C15H17N3O3S/c1-11-6-7-13(22(20,21)16-2)9-14(11)15(19)18-10-12-5-3-4-8-17-12/h3-9,16H,10H2,1-2H3,(H,18,19). The highest BCUT2D eigenvalue weighted by Gasteiger charge is 2.16. The topological polar surface area (TPSA) is 88.2 Å². The van der Waals surface area contributed by atoms with E-state index in [1.807, 2.05) is 6.07 Å². The molecule has 0 spiro atoms. The Morgan fingerprint density at radius 2 is 2.00 bits per heavy atom. The SMILES string of the molecule is CNS(=O)(=O)c1ccc(C)c(C(=O)NCc2ccccn2)c1. The molecule has 0 radical (unpaired) electrons. The summed E-state index contributed by atoms with van der Waals surface area (Å²) in [5.74, 6) is -0.337. The van der Waals surface area contributed by atoms with Gasteiger partial charge < -0.3 is 5.32 Å². The van der Waals surface area contributed by atoms with Crippen LogP contribution in [0.15, 0.2) is 47.5 Å². The Morgan fingerprint density at radius 3 is 2.64 bits per heavy atom. The number of pyridine rings is 1. The smallest absolute Gasteiger partial charge is 0.251 e. The van der Waals surface area contributed by atoms with Crippen molar-refractivity contribution in [1.82, 2.24) is 15.0 Å². The van der Waals surface area contributed by atoms with Crippen molar-refractivity contribution in [3.05, 3.63) is 59.4 Å². The maximum Gasteiger partial charge on any atom is 0.251 e. The number of carbonyl (C=O) groups excluding carboxylic acids is 1. The van der Waals surface area contributed by atoms with Gasteiger partial charge in [-0.1, -0.05) is 12.1 Å². The molecule has 0 bridgehead atoms. The first-order valence-corrected chi connectivity index (χ1v) is 8.14. The number of sulfonamides is 1. The lowest BCUT2D eigenvalue weighted by atomic mass is 10.1. The molecule has 0 fully saturated rings. The van der Waals surface area contributed by atoms with Gasteiger partial charge >= 0.3 is 0 Å². The fourth-order valence-corrected chi connectivity index (χ4v) is 2.66. The number of carbonyl (C=O) groups is 1. The summed E-state index contributed by atoms with van der Waals surface area (Å²) in [5.41, 5.74) is 1.76. The van der Waals surface area contributed by atoms with Crippen LogP contribution in [0.1, 0.15) is 21.6 Å². The second-order valence-electron chi connectivity index (χ2n) is 4.69. The Hall–Kier alpha value is -2.25. The Labute approximate surface area is 129 Å². The number of amides is 1. The van der Waals surface area contributed by atoms with Crippen LogP contribution in [0, 0.1) is 6.92 Å². The van der Waals surface area contributed by atoms with Gasteiger partial charge in [0.05, 0.1) is 17.1 Å². The summed E-state index contributed by atoms with van der Waals surface area (Å²) in [5, 5.41) is 2.74. The Bertz CT molecular complexity index is 774. The maximum atomic E-state index is 12.3. The molecule has 1 amide bonds. The van der Waals surface area contributed by atoms with Crippen molar-refractivity contribution < 1.29 is 13.2 Å². The van der Waals surface area contributed by atoms with Crippen molar-refractivity contribution in [2.24, 2.45) is 0 Å². The van der Waals surface area contributed by atoms with Gasteiger partial charge in [-0.05, 0) is 43.8 Å². The third-order valence-corrected chi connectivity index (χ3v) is 4.60. The maximum absolute atomic E-state index is 12.3.